The third-order valence-electron chi connectivity index (χ3n) is 2.87. The van der Waals surface area contributed by atoms with E-state index in [9.17, 15) is 4.79 Å². The molecule has 1 aromatic carbocycles. The predicted molar refractivity (Wildman–Crippen MR) is 80.0 cm³/mol. The minimum Gasteiger partial charge on any atom is -0.726 e. The van der Waals surface area contributed by atoms with Crippen LogP contribution in [0.4, 0.5) is 0 Å². The molecule has 126 valence electrons. The van der Waals surface area contributed by atoms with Crippen LogP contribution in [0, 0.1) is 6.92 Å². The van der Waals surface area contributed by atoms with Crippen molar-refractivity contribution in [3.05, 3.63) is 47.8 Å². The number of para-hydroxylation sites is 1. The Morgan fingerprint density at radius 1 is 1.35 bits per heavy atom. The normalized spacial score (nSPS) is 10.7. The van der Waals surface area contributed by atoms with Crippen molar-refractivity contribution in [2.24, 2.45) is 7.05 Å². The van der Waals surface area contributed by atoms with Crippen LogP contribution in [0.2, 0.25) is 0 Å². The molecule has 0 aliphatic rings. The molecule has 0 saturated carbocycles. The van der Waals surface area contributed by atoms with Crippen LogP contribution in [0.1, 0.15) is 23.1 Å². The molecule has 2 aromatic rings. The van der Waals surface area contributed by atoms with E-state index >= 15 is 0 Å². The molecule has 0 atom stereocenters. The van der Waals surface area contributed by atoms with Gasteiger partial charge >= 0.3 is 11.7 Å². The van der Waals surface area contributed by atoms with Crippen molar-refractivity contribution in [1.82, 2.24) is 4.68 Å². The van der Waals surface area contributed by atoms with Gasteiger partial charge in [-0.25, -0.2) is 13.2 Å². The summed E-state index contributed by atoms with van der Waals surface area (Å²) in [6.07, 6.45) is 0. The zero-order chi connectivity index (χ0) is 17.6. The largest absolute Gasteiger partial charge is 0.726 e. The number of benzene rings is 1. The average molecular weight is 342 g/mol. The van der Waals surface area contributed by atoms with Crippen LogP contribution < -0.4 is 4.68 Å². The molecule has 0 radical (unpaired) electrons. The van der Waals surface area contributed by atoms with Crippen LogP contribution in [0.25, 0.3) is 5.69 Å². The van der Waals surface area contributed by atoms with Crippen molar-refractivity contribution in [1.29, 1.82) is 0 Å². The zero-order valence-corrected chi connectivity index (χ0v) is 13.8. The summed E-state index contributed by atoms with van der Waals surface area (Å²) in [6.45, 7) is 4.14. The Kier molecular flexibility index (Phi) is 6.43. The summed E-state index contributed by atoms with van der Waals surface area (Å²) in [6, 6.07) is 11.6. The summed E-state index contributed by atoms with van der Waals surface area (Å²) in [7, 11) is -2.99. The van der Waals surface area contributed by atoms with Gasteiger partial charge in [0.15, 0.2) is 0 Å². The van der Waals surface area contributed by atoms with Crippen molar-refractivity contribution in [3.8, 4) is 5.69 Å². The molecule has 0 bridgehead atoms. The van der Waals surface area contributed by atoms with Gasteiger partial charge in [-0.1, -0.05) is 22.9 Å². The molecular formula is C14H18N2O6S. The first-order valence-corrected chi connectivity index (χ1v) is 8.01. The molecule has 9 heteroatoms. The van der Waals surface area contributed by atoms with Gasteiger partial charge in [0.2, 0.25) is 16.1 Å². The molecule has 23 heavy (non-hydrogen) atoms. The summed E-state index contributed by atoms with van der Waals surface area (Å²) >= 11 is 0. The maximum Gasteiger partial charge on any atom is 0.406 e. The van der Waals surface area contributed by atoms with Crippen molar-refractivity contribution in [3.63, 3.8) is 0 Å². The molecule has 0 spiro atoms. The van der Waals surface area contributed by atoms with Crippen LogP contribution in [-0.4, -0.2) is 34.8 Å². The van der Waals surface area contributed by atoms with E-state index in [-0.39, 0.29) is 5.97 Å². The highest BCUT2D eigenvalue weighted by Gasteiger charge is 2.28. The highest BCUT2D eigenvalue weighted by Crippen LogP contribution is 2.07. The smallest absolute Gasteiger partial charge is 0.406 e. The van der Waals surface area contributed by atoms with Gasteiger partial charge in [0.25, 0.3) is 0 Å². The fraction of sp³-hybridized carbons (Fsp3) is 0.286. The number of hydrogen-bond donors (Lipinski definition) is 1. The molecule has 0 amide bonds. The molecule has 2 rings (SSSR count). The number of carbonyl (C=O) groups excluding carboxylic acids is 1. The van der Waals surface area contributed by atoms with Gasteiger partial charge in [-0.15, -0.1) is 0 Å². The second-order valence-corrected chi connectivity index (χ2v) is 5.35. The van der Waals surface area contributed by atoms with Crippen molar-refractivity contribution >= 4 is 16.4 Å². The summed E-state index contributed by atoms with van der Waals surface area (Å²) in [5.41, 5.74) is 2.49. The Balaban J connectivity index is 0.000000463. The first kappa shape index (κ1) is 18.8. The first-order valence-electron chi connectivity index (χ1n) is 6.64. The topological polar surface area (TPSA) is 113 Å². The third-order valence-corrected chi connectivity index (χ3v) is 2.87. The minimum absolute atomic E-state index is 0.301. The van der Waals surface area contributed by atoms with Crippen LogP contribution in [0.5, 0.6) is 0 Å². The van der Waals surface area contributed by atoms with Crippen LogP contribution in [-0.2, 0) is 22.2 Å². The SMILES string of the molecule is CCOC(=O)c1cc(C)n(C)[n+]1-c1ccccc1.O=S(=O)([O-])O. The highest BCUT2D eigenvalue weighted by atomic mass is 32.3. The number of esters is 1. The summed E-state index contributed by atoms with van der Waals surface area (Å²) in [4.78, 5) is 11.9. The maximum atomic E-state index is 11.9. The fourth-order valence-electron chi connectivity index (χ4n) is 1.90. The lowest BCUT2D eigenvalue weighted by Gasteiger charge is -2.01. The van der Waals surface area contributed by atoms with E-state index in [1.807, 2.05) is 59.7 Å². The third kappa shape index (κ3) is 5.81. The fourth-order valence-corrected chi connectivity index (χ4v) is 1.90. The Hall–Kier alpha value is -2.23. The Bertz CT molecular complexity index is 760. The van der Waals surface area contributed by atoms with Crippen molar-refractivity contribution in [2.45, 2.75) is 13.8 Å². The highest BCUT2D eigenvalue weighted by molar-refractivity contribution is 7.79. The molecule has 0 fully saturated rings. The number of hydrogen-bond acceptors (Lipinski definition) is 5. The number of aryl methyl sites for hydroxylation is 1. The van der Waals surface area contributed by atoms with Crippen LogP contribution >= 0.6 is 0 Å². The number of aromatic nitrogens is 2. The van der Waals surface area contributed by atoms with E-state index in [0.717, 1.165) is 11.4 Å². The summed E-state index contributed by atoms with van der Waals surface area (Å²) in [5, 5.41) is 0. The quantitative estimate of drug-likeness (QED) is 0.382. The number of carbonyl (C=O) groups is 1. The second kappa shape index (κ2) is 7.86. The van der Waals surface area contributed by atoms with E-state index < -0.39 is 10.4 Å². The van der Waals surface area contributed by atoms with E-state index in [1.165, 1.54) is 0 Å². The van der Waals surface area contributed by atoms with Gasteiger partial charge < -0.3 is 9.29 Å². The molecule has 8 nitrogen and oxygen atoms in total. The molecular weight excluding hydrogens is 324 g/mol. The van der Waals surface area contributed by atoms with Gasteiger partial charge in [-0.05, 0) is 13.8 Å². The average Bonchev–Trinajstić information content (AvgIpc) is 2.74. The molecule has 0 saturated heterocycles. The Morgan fingerprint density at radius 2 is 1.87 bits per heavy atom. The lowest BCUT2D eigenvalue weighted by molar-refractivity contribution is -0.685. The van der Waals surface area contributed by atoms with Gasteiger partial charge in [0.05, 0.1) is 19.3 Å². The lowest BCUT2D eigenvalue weighted by atomic mass is 10.3. The van der Waals surface area contributed by atoms with Gasteiger partial charge in [0.1, 0.15) is 0 Å². The zero-order valence-electron chi connectivity index (χ0n) is 13.0. The minimum atomic E-state index is -4.92. The molecule has 1 heterocycles. The van der Waals surface area contributed by atoms with E-state index in [4.69, 9.17) is 22.3 Å². The molecule has 0 unspecified atom stereocenters. The maximum absolute atomic E-state index is 11.9. The molecule has 0 aliphatic heterocycles. The first-order chi connectivity index (χ1) is 10.6. The van der Waals surface area contributed by atoms with E-state index in [2.05, 4.69) is 0 Å². The predicted octanol–water partition coefficient (Wildman–Crippen LogP) is 0.792. The van der Waals surface area contributed by atoms with Gasteiger partial charge in [-0.2, -0.15) is 4.68 Å². The number of nitrogens with zero attached hydrogens (tertiary/aromatic N) is 2. The van der Waals surface area contributed by atoms with Crippen LogP contribution in [0.3, 0.4) is 0 Å². The summed E-state index contributed by atoms with van der Waals surface area (Å²) < 4.78 is 41.7. The van der Waals surface area contributed by atoms with Gasteiger partial charge in [-0.3, -0.25) is 4.55 Å². The van der Waals surface area contributed by atoms with Crippen molar-refractivity contribution < 1.29 is 31.7 Å². The lowest BCUT2D eigenvalue weighted by Crippen LogP contribution is -2.44. The Labute approximate surface area is 134 Å². The Morgan fingerprint density at radius 3 is 2.35 bits per heavy atom. The number of rotatable bonds is 3. The second-order valence-electron chi connectivity index (χ2n) is 4.49. The standard InChI is InChI=1S/C14H17N2O2.H2O4S/c1-4-18-14(17)13-10-11(2)15(3)16(13)12-8-6-5-7-9-12;1-5(2,3)4/h5-10H,4H2,1-3H3;(H2,1,2,3,4)/q+1;/p-1. The summed E-state index contributed by atoms with van der Waals surface area (Å²) in [5.74, 6) is -0.301. The molecule has 0 aliphatic carbocycles. The monoisotopic (exact) mass is 342 g/mol. The molecule has 1 N–H and O–H groups in total. The van der Waals surface area contributed by atoms with Gasteiger partial charge in [0, 0.05) is 18.2 Å². The van der Waals surface area contributed by atoms with Crippen molar-refractivity contribution in [2.75, 3.05) is 6.61 Å². The number of ether oxygens (including phenoxy) is 1. The van der Waals surface area contributed by atoms with Crippen LogP contribution in [0.15, 0.2) is 36.4 Å². The van der Waals surface area contributed by atoms with E-state index in [1.54, 1.807) is 6.92 Å². The van der Waals surface area contributed by atoms with E-state index in [0.29, 0.717) is 12.3 Å². The molecule has 1 aromatic heterocycles.